The van der Waals surface area contributed by atoms with E-state index in [0.29, 0.717) is 6.16 Å². The quantitative estimate of drug-likeness (QED) is 0.285. The number of fused-ring (bicyclic) bond motifs is 1. The van der Waals surface area contributed by atoms with E-state index < -0.39 is 7.14 Å². The predicted molar refractivity (Wildman–Crippen MR) is 134 cm³/mol. The van der Waals surface area contributed by atoms with E-state index >= 15 is 0 Å². The van der Waals surface area contributed by atoms with Crippen molar-refractivity contribution in [3.8, 4) is 0 Å². The first kappa shape index (κ1) is 20.8. The van der Waals surface area contributed by atoms with Gasteiger partial charge >= 0.3 is 0 Å². The highest BCUT2D eigenvalue weighted by Gasteiger charge is 2.27. The SMILES string of the molecule is O=P(Cc1ccccc1)(c1ccccc1)c1ccccc1.c1ccc2ccccc2c1. The first-order chi connectivity index (χ1) is 15.3. The molecule has 0 saturated heterocycles. The molecule has 5 rings (SSSR count). The molecule has 0 aliphatic heterocycles. The van der Waals surface area contributed by atoms with Crippen LogP contribution in [0, 0.1) is 0 Å². The zero-order valence-corrected chi connectivity index (χ0v) is 18.2. The van der Waals surface area contributed by atoms with Crippen molar-refractivity contribution in [2.45, 2.75) is 6.16 Å². The first-order valence-electron chi connectivity index (χ1n) is 10.4. The lowest BCUT2D eigenvalue weighted by molar-refractivity contribution is 0.586. The van der Waals surface area contributed by atoms with E-state index in [2.05, 4.69) is 48.5 Å². The molecular formula is C29H25OP. The third-order valence-corrected chi connectivity index (χ3v) is 8.33. The molecule has 0 radical (unpaired) electrons. The van der Waals surface area contributed by atoms with Crippen LogP contribution < -0.4 is 10.6 Å². The molecule has 0 atom stereocenters. The molecule has 0 aliphatic carbocycles. The lowest BCUT2D eigenvalue weighted by Crippen LogP contribution is -2.17. The number of rotatable bonds is 4. The zero-order valence-electron chi connectivity index (χ0n) is 17.3. The van der Waals surface area contributed by atoms with Crippen LogP contribution in [0.15, 0.2) is 140 Å². The first-order valence-corrected chi connectivity index (χ1v) is 12.3. The van der Waals surface area contributed by atoms with Crippen LogP contribution in [0.3, 0.4) is 0 Å². The molecule has 31 heavy (non-hydrogen) atoms. The highest BCUT2D eigenvalue weighted by molar-refractivity contribution is 7.78. The van der Waals surface area contributed by atoms with Crippen LogP contribution in [0.2, 0.25) is 0 Å². The highest BCUT2D eigenvalue weighted by Crippen LogP contribution is 2.46. The summed E-state index contributed by atoms with van der Waals surface area (Å²) in [4.78, 5) is 0. The second-order valence-corrected chi connectivity index (χ2v) is 10.2. The van der Waals surface area contributed by atoms with Crippen LogP contribution in [0.5, 0.6) is 0 Å². The Morgan fingerprint density at radius 3 is 1.13 bits per heavy atom. The Hall–Kier alpha value is -3.41. The predicted octanol–water partition coefficient (Wildman–Crippen LogP) is 7.04. The molecule has 1 nitrogen and oxygen atoms in total. The standard InChI is InChI=1S/C19H17OP.C10H8/c20-21(18-12-6-2-7-13-18,19-14-8-3-9-15-19)16-17-10-4-1-5-11-17;1-2-6-10-8-4-3-7-9(10)5-1/h1-15H,16H2;1-8H. The summed E-state index contributed by atoms with van der Waals surface area (Å²) in [6.45, 7) is 0. The fraction of sp³-hybridized carbons (Fsp3) is 0.0345. The second kappa shape index (κ2) is 10.1. The van der Waals surface area contributed by atoms with Crippen molar-refractivity contribution in [2.75, 3.05) is 0 Å². The Morgan fingerprint density at radius 1 is 0.419 bits per heavy atom. The molecule has 0 fully saturated rings. The van der Waals surface area contributed by atoms with Crippen LogP contribution in [-0.4, -0.2) is 0 Å². The average molecular weight is 420 g/mol. The van der Waals surface area contributed by atoms with E-state index in [1.807, 2.05) is 91.0 Å². The van der Waals surface area contributed by atoms with E-state index in [0.717, 1.165) is 16.2 Å². The maximum atomic E-state index is 13.8. The summed E-state index contributed by atoms with van der Waals surface area (Å²) in [5.74, 6) is 0. The van der Waals surface area contributed by atoms with Gasteiger partial charge < -0.3 is 4.57 Å². The minimum Gasteiger partial charge on any atom is -0.313 e. The number of hydrogen-bond acceptors (Lipinski definition) is 1. The van der Waals surface area contributed by atoms with Gasteiger partial charge in [0, 0.05) is 16.8 Å². The Morgan fingerprint density at radius 2 is 0.742 bits per heavy atom. The summed E-state index contributed by atoms with van der Waals surface area (Å²) < 4.78 is 13.8. The van der Waals surface area contributed by atoms with E-state index in [4.69, 9.17) is 0 Å². The molecule has 2 heteroatoms. The van der Waals surface area contributed by atoms with Gasteiger partial charge in [-0.1, -0.05) is 140 Å². The summed E-state index contributed by atoms with van der Waals surface area (Å²) in [6.07, 6.45) is 0.557. The summed E-state index contributed by atoms with van der Waals surface area (Å²) >= 11 is 0. The Balaban J connectivity index is 0.000000192. The van der Waals surface area contributed by atoms with Gasteiger partial charge in [0.05, 0.1) is 0 Å². The minimum atomic E-state index is -2.65. The molecule has 0 N–H and O–H groups in total. The summed E-state index contributed by atoms with van der Waals surface area (Å²) in [5.41, 5.74) is 1.11. The van der Waals surface area contributed by atoms with Gasteiger partial charge in [0.15, 0.2) is 0 Å². The maximum Gasteiger partial charge on any atom is 0.147 e. The molecule has 0 aromatic heterocycles. The average Bonchev–Trinajstić information content (AvgIpc) is 2.86. The molecule has 0 saturated carbocycles. The van der Waals surface area contributed by atoms with Crippen molar-refractivity contribution in [1.82, 2.24) is 0 Å². The van der Waals surface area contributed by atoms with Gasteiger partial charge in [0.25, 0.3) is 0 Å². The van der Waals surface area contributed by atoms with Gasteiger partial charge in [-0.3, -0.25) is 0 Å². The van der Waals surface area contributed by atoms with E-state index in [1.54, 1.807) is 0 Å². The second-order valence-electron chi connectivity index (χ2n) is 7.40. The van der Waals surface area contributed by atoms with E-state index in [9.17, 15) is 4.57 Å². The molecule has 152 valence electrons. The van der Waals surface area contributed by atoms with Gasteiger partial charge in [-0.25, -0.2) is 0 Å². The van der Waals surface area contributed by atoms with Gasteiger partial charge in [-0.15, -0.1) is 0 Å². The molecule has 5 aromatic carbocycles. The third-order valence-electron chi connectivity index (χ3n) is 5.25. The Kier molecular flexibility index (Phi) is 6.77. The van der Waals surface area contributed by atoms with E-state index in [1.165, 1.54) is 10.8 Å². The van der Waals surface area contributed by atoms with Crippen LogP contribution >= 0.6 is 7.14 Å². The molecule has 0 amide bonds. The normalized spacial score (nSPS) is 10.8. The molecule has 0 heterocycles. The zero-order chi connectivity index (χ0) is 21.4. The van der Waals surface area contributed by atoms with Gasteiger partial charge in [-0.2, -0.15) is 0 Å². The Labute approximate surface area is 184 Å². The van der Waals surface area contributed by atoms with Crippen molar-refractivity contribution < 1.29 is 4.57 Å². The third kappa shape index (κ3) is 5.20. The smallest absolute Gasteiger partial charge is 0.147 e. The summed E-state index contributed by atoms with van der Waals surface area (Å²) in [7, 11) is -2.65. The number of hydrogen-bond donors (Lipinski definition) is 0. The fourth-order valence-corrected chi connectivity index (χ4v) is 6.34. The van der Waals surface area contributed by atoms with E-state index in [-0.39, 0.29) is 0 Å². The molecule has 5 aromatic rings. The topological polar surface area (TPSA) is 17.1 Å². The largest absolute Gasteiger partial charge is 0.313 e. The molecular weight excluding hydrogens is 395 g/mol. The highest BCUT2D eigenvalue weighted by atomic mass is 31.2. The van der Waals surface area contributed by atoms with Crippen LogP contribution in [0.1, 0.15) is 5.56 Å². The lowest BCUT2D eigenvalue weighted by Gasteiger charge is -2.19. The molecule has 0 spiro atoms. The molecule has 0 unspecified atom stereocenters. The fourth-order valence-electron chi connectivity index (χ4n) is 3.64. The van der Waals surface area contributed by atoms with Crippen LogP contribution in [0.25, 0.3) is 10.8 Å². The number of benzene rings is 5. The lowest BCUT2D eigenvalue weighted by atomic mass is 10.1. The van der Waals surface area contributed by atoms with Gasteiger partial charge in [0.1, 0.15) is 7.14 Å². The van der Waals surface area contributed by atoms with Crippen molar-refractivity contribution in [1.29, 1.82) is 0 Å². The van der Waals surface area contributed by atoms with Crippen molar-refractivity contribution in [2.24, 2.45) is 0 Å². The summed E-state index contributed by atoms with van der Waals surface area (Å²) in [5, 5.41) is 4.45. The summed E-state index contributed by atoms with van der Waals surface area (Å²) in [6, 6.07) is 46.4. The Bertz CT molecular complexity index is 1160. The van der Waals surface area contributed by atoms with Gasteiger partial charge in [-0.05, 0) is 16.3 Å². The monoisotopic (exact) mass is 420 g/mol. The molecule has 0 bridgehead atoms. The van der Waals surface area contributed by atoms with Crippen molar-refractivity contribution >= 4 is 28.5 Å². The van der Waals surface area contributed by atoms with Gasteiger partial charge in [0.2, 0.25) is 0 Å². The molecule has 0 aliphatic rings. The van der Waals surface area contributed by atoms with Crippen LogP contribution in [0.4, 0.5) is 0 Å². The van der Waals surface area contributed by atoms with Crippen LogP contribution in [-0.2, 0) is 10.7 Å². The van der Waals surface area contributed by atoms with Crippen molar-refractivity contribution in [3.05, 3.63) is 145 Å². The maximum absolute atomic E-state index is 13.8. The minimum absolute atomic E-state index is 0.557. The van der Waals surface area contributed by atoms with Crippen molar-refractivity contribution in [3.63, 3.8) is 0 Å².